The summed E-state index contributed by atoms with van der Waals surface area (Å²) < 4.78 is 11.2. The third kappa shape index (κ3) is 4.80. The summed E-state index contributed by atoms with van der Waals surface area (Å²) in [4.78, 5) is 18.7. The molecule has 1 aliphatic rings. The van der Waals surface area contributed by atoms with E-state index in [1.54, 1.807) is 0 Å². The molecular weight excluding hydrogens is 350 g/mol. The number of aromatic nitrogens is 1. The molecule has 0 unspecified atom stereocenters. The minimum absolute atomic E-state index is 0.0788. The van der Waals surface area contributed by atoms with E-state index in [9.17, 15) is 4.79 Å². The van der Waals surface area contributed by atoms with Crippen molar-refractivity contribution >= 4 is 29.0 Å². The van der Waals surface area contributed by atoms with Gasteiger partial charge in [-0.3, -0.25) is 4.79 Å². The quantitative estimate of drug-likeness (QED) is 0.805. The van der Waals surface area contributed by atoms with Gasteiger partial charge in [-0.05, 0) is 52.0 Å². The van der Waals surface area contributed by atoms with Gasteiger partial charge in [0.25, 0.3) is 5.22 Å². The SMILES string of the molecule is Cc1nc(SCC(=O)Nc2ccc(N3C[C@H](C)O[C@@H](C)C3)cc2)oc1C. The molecule has 6 nitrogen and oxygen atoms in total. The van der Waals surface area contributed by atoms with Crippen LogP contribution >= 0.6 is 11.8 Å². The Bertz CT molecular complexity index is 730. The highest BCUT2D eigenvalue weighted by Crippen LogP contribution is 2.23. The van der Waals surface area contributed by atoms with Crippen LogP contribution in [0.5, 0.6) is 0 Å². The number of hydrogen-bond acceptors (Lipinski definition) is 6. The molecule has 1 aliphatic heterocycles. The molecule has 26 heavy (non-hydrogen) atoms. The first kappa shape index (κ1) is 18.8. The van der Waals surface area contributed by atoms with Crippen LogP contribution in [0.2, 0.25) is 0 Å². The molecule has 7 heteroatoms. The molecule has 0 saturated carbocycles. The average Bonchev–Trinajstić information content (AvgIpc) is 2.91. The maximum atomic E-state index is 12.1. The zero-order valence-electron chi connectivity index (χ0n) is 15.6. The van der Waals surface area contributed by atoms with Crippen LogP contribution in [-0.2, 0) is 9.53 Å². The van der Waals surface area contributed by atoms with Gasteiger partial charge in [-0.1, -0.05) is 11.8 Å². The van der Waals surface area contributed by atoms with Gasteiger partial charge in [0.1, 0.15) is 5.76 Å². The molecule has 1 aromatic carbocycles. The van der Waals surface area contributed by atoms with Gasteiger partial charge in [-0.2, -0.15) is 0 Å². The van der Waals surface area contributed by atoms with Crippen LogP contribution in [0.25, 0.3) is 0 Å². The van der Waals surface area contributed by atoms with Crippen molar-refractivity contribution in [3.8, 4) is 0 Å². The van der Waals surface area contributed by atoms with Gasteiger partial charge < -0.3 is 19.4 Å². The topological polar surface area (TPSA) is 67.6 Å². The number of anilines is 2. The Kier molecular flexibility index (Phi) is 5.88. The van der Waals surface area contributed by atoms with E-state index < -0.39 is 0 Å². The highest BCUT2D eigenvalue weighted by molar-refractivity contribution is 7.99. The lowest BCUT2D eigenvalue weighted by molar-refractivity contribution is -0.113. The zero-order chi connectivity index (χ0) is 18.7. The van der Waals surface area contributed by atoms with Crippen molar-refractivity contribution in [1.82, 2.24) is 4.98 Å². The van der Waals surface area contributed by atoms with Crippen molar-refractivity contribution in [2.75, 3.05) is 29.1 Å². The molecule has 2 aromatic rings. The second-order valence-corrected chi connectivity index (χ2v) is 7.59. The summed E-state index contributed by atoms with van der Waals surface area (Å²) in [5, 5.41) is 3.44. The summed E-state index contributed by atoms with van der Waals surface area (Å²) >= 11 is 1.30. The number of ether oxygens (including phenoxy) is 1. The lowest BCUT2D eigenvalue weighted by Gasteiger charge is -2.36. The van der Waals surface area contributed by atoms with Crippen LogP contribution in [0.3, 0.4) is 0 Å². The molecule has 1 amide bonds. The molecule has 1 aromatic heterocycles. The van der Waals surface area contributed by atoms with E-state index in [1.165, 1.54) is 11.8 Å². The van der Waals surface area contributed by atoms with Gasteiger partial charge in [-0.15, -0.1) is 0 Å². The number of amides is 1. The minimum atomic E-state index is -0.0788. The number of carbonyl (C=O) groups excluding carboxylic acids is 1. The standard InChI is InChI=1S/C19H25N3O3S/c1-12-9-22(10-13(2)24-12)17-7-5-16(6-8-17)21-18(23)11-26-19-20-14(3)15(4)25-19/h5-8,12-13H,9-11H2,1-4H3,(H,21,23)/t12-,13-/m0/s1. The van der Waals surface area contributed by atoms with E-state index in [-0.39, 0.29) is 23.9 Å². The molecule has 0 aliphatic carbocycles. The van der Waals surface area contributed by atoms with Crippen LogP contribution in [-0.4, -0.2) is 41.9 Å². The fourth-order valence-corrected chi connectivity index (χ4v) is 3.69. The Labute approximate surface area is 158 Å². The lowest BCUT2D eigenvalue weighted by atomic mass is 10.2. The third-order valence-corrected chi connectivity index (χ3v) is 5.10. The second-order valence-electron chi connectivity index (χ2n) is 6.67. The van der Waals surface area contributed by atoms with E-state index in [2.05, 4.69) is 29.0 Å². The Morgan fingerprint density at radius 3 is 2.46 bits per heavy atom. The van der Waals surface area contributed by atoms with Crippen molar-refractivity contribution in [3.63, 3.8) is 0 Å². The van der Waals surface area contributed by atoms with Gasteiger partial charge in [0.15, 0.2) is 0 Å². The predicted octanol–water partition coefficient (Wildman–Crippen LogP) is 3.64. The number of benzene rings is 1. The lowest BCUT2D eigenvalue weighted by Crippen LogP contribution is -2.45. The molecule has 1 saturated heterocycles. The molecular formula is C19H25N3O3S. The molecule has 140 valence electrons. The highest BCUT2D eigenvalue weighted by Gasteiger charge is 2.22. The summed E-state index contributed by atoms with van der Waals surface area (Å²) in [5.41, 5.74) is 2.79. The smallest absolute Gasteiger partial charge is 0.256 e. The first-order valence-corrected chi connectivity index (χ1v) is 9.76. The third-order valence-electron chi connectivity index (χ3n) is 4.27. The van der Waals surface area contributed by atoms with Crippen molar-refractivity contribution < 1.29 is 13.9 Å². The summed E-state index contributed by atoms with van der Waals surface area (Å²) in [6.07, 6.45) is 0.440. The van der Waals surface area contributed by atoms with Gasteiger partial charge >= 0.3 is 0 Å². The number of morpholine rings is 1. The fraction of sp³-hybridized carbons (Fsp3) is 0.474. The summed E-state index contributed by atoms with van der Waals surface area (Å²) in [7, 11) is 0. The Morgan fingerprint density at radius 2 is 1.88 bits per heavy atom. The number of oxazole rings is 1. The monoisotopic (exact) mass is 375 g/mol. The van der Waals surface area contributed by atoms with E-state index in [1.807, 2.05) is 38.1 Å². The Balaban J connectivity index is 1.52. The van der Waals surface area contributed by atoms with Crippen LogP contribution < -0.4 is 10.2 Å². The van der Waals surface area contributed by atoms with Gasteiger partial charge in [0, 0.05) is 24.5 Å². The number of carbonyl (C=O) groups is 1. The first-order chi connectivity index (χ1) is 12.4. The number of aryl methyl sites for hydroxylation is 2. The van der Waals surface area contributed by atoms with Crippen LogP contribution in [0, 0.1) is 13.8 Å². The van der Waals surface area contributed by atoms with Gasteiger partial charge in [0.2, 0.25) is 5.91 Å². The van der Waals surface area contributed by atoms with E-state index in [0.717, 1.165) is 35.9 Å². The molecule has 2 atom stereocenters. The maximum Gasteiger partial charge on any atom is 0.256 e. The van der Waals surface area contributed by atoms with E-state index >= 15 is 0 Å². The molecule has 1 fully saturated rings. The van der Waals surface area contributed by atoms with Crippen molar-refractivity contribution in [1.29, 1.82) is 0 Å². The molecule has 1 N–H and O–H groups in total. The number of rotatable bonds is 5. The first-order valence-electron chi connectivity index (χ1n) is 8.78. The largest absolute Gasteiger partial charge is 0.437 e. The maximum absolute atomic E-state index is 12.1. The highest BCUT2D eigenvalue weighted by atomic mass is 32.2. The average molecular weight is 375 g/mol. The molecule has 3 rings (SSSR count). The zero-order valence-corrected chi connectivity index (χ0v) is 16.4. The Morgan fingerprint density at radius 1 is 1.23 bits per heavy atom. The molecule has 0 spiro atoms. The number of nitrogens with one attached hydrogen (secondary N) is 1. The van der Waals surface area contributed by atoms with Gasteiger partial charge in [0.05, 0.1) is 23.7 Å². The summed E-state index contributed by atoms with van der Waals surface area (Å²) in [5.74, 6) is 0.972. The molecule has 2 heterocycles. The number of thioether (sulfide) groups is 1. The van der Waals surface area contributed by atoms with E-state index in [0.29, 0.717) is 5.22 Å². The molecule has 0 radical (unpaired) electrons. The number of nitrogens with zero attached hydrogens (tertiary/aromatic N) is 2. The number of hydrogen-bond donors (Lipinski definition) is 1. The Hall–Kier alpha value is -1.99. The van der Waals surface area contributed by atoms with Crippen LogP contribution in [0.4, 0.5) is 11.4 Å². The predicted molar refractivity (Wildman–Crippen MR) is 104 cm³/mol. The molecule has 0 bridgehead atoms. The van der Waals surface area contributed by atoms with Crippen LogP contribution in [0.15, 0.2) is 33.9 Å². The summed E-state index contributed by atoms with van der Waals surface area (Å²) in [6, 6.07) is 7.94. The second kappa shape index (κ2) is 8.14. The van der Waals surface area contributed by atoms with Crippen molar-refractivity contribution in [2.24, 2.45) is 0 Å². The van der Waals surface area contributed by atoms with Crippen LogP contribution in [0.1, 0.15) is 25.3 Å². The van der Waals surface area contributed by atoms with Gasteiger partial charge in [-0.25, -0.2) is 4.98 Å². The van der Waals surface area contributed by atoms with Crippen molar-refractivity contribution in [3.05, 3.63) is 35.7 Å². The summed E-state index contributed by atoms with van der Waals surface area (Å²) in [6.45, 7) is 9.69. The fourth-order valence-electron chi connectivity index (χ4n) is 2.97. The minimum Gasteiger partial charge on any atom is -0.437 e. The van der Waals surface area contributed by atoms with Crippen molar-refractivity contribution in [2.45, 2.75) is 45.1 Å². The normalized spacial score (nSPS) is 20.2. The van der Waals surface area contributed by atoms with E-state index in [4.69, 9.17) is 9.15 Å².